The molecule has 0 N–H and O–H groups in total. The van der Waals surface area contributed by atoms with Crippen molar-refractivity contribution in [2.45, 2.75) is 45.2 Å². The first kappa shape index (κ1) is 18.6. The summed E-state index contributed by atoms with van der Waals surface area (Å²) in [5, 5.41) is 12.5. The van der Waals surface area contributed by atoms with Crippen molar-refractivity contribution in [2.75, 3.05) is 27.2 Å². The van der Waals surface area contributed by atoms with Gasteiger partial charge in [0.1, 0.15) is 11.8 Å². The normalized spacial score (nSPS) is 20.9. The van der Waals surface area contributed by atoms with Gasteiger partial charge in [0.25, 0.3) is 5.91 Å². The van der Waals surface area contributed by atoms with Crippen LogP contribution in [0.4, 0.5) is 0 Å². The van der Waals surface area contributed by atoms with Crippen molar-refractivity contribution in [3.63, 3.8) is 0 Å². The number of carbonyl (C=O) groups excluding carboxylic acids is 1. The first-order chi connectivity index (χ1) is 12.4. The number of aromatic nitrogens is 4. The van der Waals surface area contributed by atoms with Gasteiger partial charge in [0.15, 0.2) is 5.82 Å². The molecule has 0 saturated carbocycles. The molecule has 142 valence electrons. The Morgan fingerprint density at radius 1 is 1.42 bits per heavy atom. The van der Waals surface area contributed by atoms with Crippen LogP contribution in [0.3, 0.4) is 0 Å². The van der Waals surface area contributed by atoms with Gasteiger partial charge in [-0.1, -0.05) is 13.8 Å². The molecule has 1 saturated heterocycles. The number of hydrogen-bond acceptors (Lipinski definition) is 6. The molecule has 1 aliphatic heterocycles. The number of amides is 1. The fraction of sp³-hybridized carbons (Fsp3) is 0.667. The SMILES string of the molecule is CC(C)CCn1nnnc1C1(N(C)C)CCCN(C(=O)c2ccoc2)C1. The number of likely N-dealkylation sites (N-methyl/N-ethyl adjacent to an activating group) is 1. The first-order valence-electron chi connectivity index (χ1n) is 9.19. The van der Waals surface area contributed by atoms with Gasteiger partial charge in [-0.05, 0) is 55.8 Å². The van der Waals surface area contributed by atoms with Crippen molar-refractivity contribution < 1.29 is 9.21 Å². The molecule has 1 amide bonds. The highest BCUT2D eigenvalue weighted by atomic mass is 16.3. The molecule has 8 nitrogen and oxygen atoms in total. The molecule has 1 atom stereocenters. The Hall–Kier alpha value is -2.22. The number of rotatable bonds is 6. The molecule has 1 unspecified atom stereocenters. The summed E-state index contributed by atoms with van der Waals surface area (Å²) in [6.07, 6.45) is 5.86. The van der Waals surface area contributed by atoms with Crippen LogP contribution in [0.2, 0.25) is 0 Å². The maximum atomic E-state index is 12.8. The van der Waals surface area contributed by atoms with Crippen LogP contribution in [-0.4, -0.2) is 63.1 Å². The molecule has 3 heterocycles. The van der Waals surface area contributed by atoms with Crippen molar-refractivity contribution in [2.24, 2.45) is 5.92 Å². The topological polar surface area (TPSA) is 80.3 Å². The van der Waals surface area contributed by atoms with Gasteiger partial charge in [-0.25, -0.2) is 4.68 Å². The predicted octanol–water partition coefficient (Wildman–Crippen LogP) is 2.01. The van der Waals surface area contributed by atoms with E-state index in [4.69, 9.17) is 4.42 Å². The van der Waals surface area contributed by atoms with Crippen LogP contribution in [0, 0.1) is 5.92 Å². The summed E-state index contributed by atoms with van der Waals surface area (Å²) in [7, 11) is 4.07. The second-order valence-electron chi connectivity index (χ2n) is 7.68. The molecule has 26 heavy (non-hydrogen) atoms. The Labute approximate surface area is 154 Å². The minimum atomic E-state index is -0.391. The maximum Gasteiger partial charge on any atom is 0.257 e. The van der Waals surface area contributed by atoms with Crippen LogP contribution in [0.15, 0.2) is 23.0 Å². The fourth-order valence-electron chi connectivity index (χ4n) is 3.59. The highest BCUT2D eigenvalue weighted by Gasteiger charge is 2.44. The molecule has 0 aliphatic carbocycles. The molecule has 3 rings (SSSR count). The van der Waals surface area contributed by atoms with Gasteiger partial charge in [-0.15, -0.1) is 5.10 Å². The van der Waals surface area contributed by atoms with Gasteiger partial charge in [0, 0.05) is 19.6 Å². The van der Waals surface area contributed by atoms with Crippen molar-refractivity contribution in [3.05, 3.63) is 30.0 Å². The third-order valence-electron chi connectivity index (χ3n) is 5.25. The van der Waals surface area contributed by atoms with E-state index in [9.17, 15) is 4.79 Å². The molecular weight excluding hydrogens is 332 g/mol. The molecule has 8 heteroatoms. The summed E-state index contributed by atoms with van der Waals surface area (Å²) in [5.41, 5.74) is 0.192. The van der Waals surface area contributed by atoms with Gasteiger partial charge in [0.2, 0.25) is 0 Å². The van der Waals surface area contributed by atoms with Crippen LogP contribution < -0.4 is 0 Å². The quantitative estimate of drug-likeness (QED) is 0.784. The second-order valence-corrected chi connectivity index (χ2v) is 7.68. The third-order valence-corrected chi connectivity index (χ3v) is 5.25. The van der Waals surface area contributed by atoms with E-state index in [1.807, 2.05) is 23.7 Å². The van der Waals surface area contributed by atoms with Gasteiger partial charge in [-0.3, -0.25) is 9.69 Å². The Morgan fingerprint density at radius 3 is 2.88 bits per heavy atom. The summed E-state index contributed by atoms with van der Waals surface area (Å²) in [4.78, 5) is 16.9. The first-order valence-corrected chi connectivity index (χ1v) is 9.19. The third kappa shape index (κ3) is 3.51. The minimum absolute atomic E-state index is 0.00844. The summed E-state index contributed by atoms with van der Waals surface area (Å²) >= 11 is 0. The number of hydrogen-bond donors (Lipinski definition) is 0. The Balaban J connectivity index is 1.88. The van der Waals surface area contributed by atoms with Crippen molar-refractivity contribution in [1.82, 2.24) is 30.0 Å². The van der Waals surface area contributed by atoms with E-state index >= 15 is 0 Å². The lowest BCUT2D eigenvalue weighted by Gasteiger charge is -2.45. The van der Waals surface area contributed by atoms with Crippen molar-refractivity contribution >= 4 is 5.91 Å². The summed E-state index contributed by atoms with van der Waals surface area (Å²) in [6, 6.07) is 1.71. The molecule has 0 spiro atoms. The molecule has 1 aliphatic rings. The molecule has 0 radical (unpaired) electrons. The average molecular weight is 360 g/mol. The van der Waals surface area contributed by atoms with E-state index in [2.05, 4.69) is 34.3 Å². The number of carbonyl (C=O) groups is 1. The van der Waals surface area contributed by atoms with E-state index in [1.165, 1.54) is 12.5 Å². The van der Waals surface area contributed by atoms with Gasteiger partial charge in [0.05, 0.1) is 11.8 Å². The molecule has 2 aromatic rings. The number of aryl methyl sites for hydroxylation is 1. The highest BCUT2D eigenvalue weighted by Crippen LogP contribution is 2.35. The number of piperidine rings is 1. The highest BCUT2D eigenvalue weighted by molar-refractivity contribution is 5.94. The molecule has 1 fully saturated rings. The van der Waals surface area contributed by atoms with Gasteiger partial charge >= 0.3 is 0 Å². The smallest absolute Gasteiger partial charge is 0.257 e. The Bertz CT molecular complexity index is 724. The Morgan fingerprint density at radius 2 is 2.23 bits per heavy atom. The number of tetrazole rings is 1. The number of furan rings is 1. The molecule has 0 aromatic carbocycles. The van der Waals surface area contributed by atoms with Crippen LogP contribution >= 0.6 is 0 Å². The summed E-state index contributed by atoms with van der Waals surface area (Å²) in [6.45, 7) is 6.46. The molecule has 2 aromatic heterocycles. The fourth-order valence-corrected chi connectivity index (χ4v) is 3.59. The minimum Gasteiger partial charge on any atom is -0.472 e. The molecular formula is C18H28N6O2. The van der Waals surface area contributed by atoms with E-state index in [-0.39, 0.29) is 5.91 Å². The zero-order valence-electron chi connectivity index (χ0n) is 16.1. The van der Waals surface area contributed by atoms with Crippen molar-refractivity contribution in [1.29, 1.82) is 0 Å². The van der Waals surface area contributed by atoms with Crippen LogP contribution in [0.5, 0.6) is 0 Å². The van der Waals surface area contributed by atoms with E-state index in [1.54, 1.807) is 6.07 Å². The lowest BCUT2D eigenvalue weighted by molar-refractivity contribution is 0.0256. The monoisotopic (exact) mass is 360 g/mol. The second kappa shape index (κ2) is 7.57. The van der Waals surface area contributed by atoms with Crippen LogP contribution in [-0.2, 0) is 12.1 Å². The lowest BCUT2D eigenvalue weighted by Crippen LogP contribution is -2.56. The standard InChI is InChI=1S/C18H28N6O2/c1-14(2)6-10-24-17(19-20-21-24)18(22(3)4)8-5-9-23(13-18)16(25)15-7-11-26-12-15/h7,11-12,14H,5-6,8-10,13H2,1-4H3. The Kier molecular flexibility index (Phi) is 5.41. The predicted molar refractivity (Wildman–Crippen MR) is 96.5 cm³/mol. The lowest BCUT2D eigenvalue weighted by atomic mass is 9.86. The van der Waals surface area contributed by atoms with Crippen molar-refractivity contribution in [3.8, 4) is 0 Å². The van der Waals surface area contributed by atoms with Crippen LogP contribution in [0.25, 0.3) is 0 Å². The number of nitrogens with zero attached hydrogens (tertiary/aromatic N) is 6. The van der Waals surface area contributed by atoms with Gasteiger partial charge < -0.3 is 9.32 Å². The summed E-state index contributed by atoms with van der Waals surface area (Å²) < 4.78 is 6.99. The van der Waals surface area contributed by atoms with E-state index in [0.717, 1.165) is 38.2 Å². The zero-order chi connectivity index (χ0) is 18.7. The number of likely N-dealkylation sites (tertiary alicyclic amines) is 1. The average Bonchev–Trinajstić information content (AvgIpc) is 3.31. The van der Waals surface area contributed by atoms with E-state index in [0.29, 0.717) is 18.0 Å². The zero-order valence-corrected chi connectivity index (χ0v) is 16.1. The van der Waals surface area contributed by atoms with Crippen LogP contribution in [0.1, 0.15) is 49.3 Å². The molecule has 0 bridgehead atoms. The summed E-state index contributed by atoms with van der Waals surface area (Å²) in [5.74, 6) is 1.41. The largest absolute Gasteiger partial charge is 0.472 e. The van der Waals surface area contributed by atoms with E-state index < -0.39 is 5.54 Å². The van der Waals surface area contributed by atoms with Gasteiger partial charge in [-0.2, -0.15) is 0 Å². The maximum absolute atomic E-state index is 12.8.